The molecule has 4 bridgehead atoms. The second-order valence-corrected chi connectivity index (χ2v) is 12.6. The van der Waals surface area contributed by atoms with Gasteiger partial charge in [-0.25, -0.2) is 4.68 Å². The van der Waals surface area contributed by atoms with E-state index in [1.165, 1.54) is 56.8 Å². The Morgan fingerprint density at radius 2 is 1.26 bits per heavy atom. The first kappa shape index (κ1) is 25.7. The summed E-state index contributed by atoms with van der Waals surface area (Å²) in [4.78, 5) is 0. The normalized spacial score (nSPS) is 13.0. The fourth-order valence-corrected chi connectivity index (χ4v) is 8.04. The van der Waals surface area contributed by atoms with Crippen LogP contribution in [0.5, 0.6) is 0 Å². The molecule has 0 amide bonds. The van der Waals surface area contributed by atoms with E-state index in [1.807, 2.05) is 0 Å². The van der Waals surface area contributed by atoms with E-state index in [0.717, 1.165) is 44.2 Å². The molecule has 4 aliphatic carbocycles. The molecular weight excluding hydrogens is 493 g/mol. The van der Waals surface area contributed by atoms with Gasteiger partial charge < -0.3 is 0 Å². The van der Waals surface area contributed by atoms with Crippen molar-refractivity contribution in [3.05, 3.63) is 131 Å². The lowest BCUT2D eigenvalue weighted by atomic mass is 9.95. The zero-order valence-corrected chi connectivity index (χ0v) is 23.7. The minimum Gasteiger partial charge on any atom is -0.212 e. The molecule has 196 valence electrons. The largest absolute Gasteiger partial charge is 0.212 e. The van der Waals surface area contributed by atoms with Crippen molar-refractivity contribution in [3.8, 4) is 5.69 Å². The lowest BCUT2D eigenvalue weighted by Gasteiger charge is -2.22. The summed E-state index contributed by atoms with van der Waals surface area (Å²) in [6.45, 7) is 2.26. The van der Waals surface area contributed by atoms with Crippen LogP contribution in [0.1, 0.15) is 54.1 Å². The molecule has 1 aromatic heterocycles. The van der Waals surface area contributed by atoms with Gasteiger partial charge in [0, 0.05) is 7.92 Å². The Morgan fingerprint density at radius 1 is 0.667 bits per heavy atom. The maximum Gasteiger partial charge on any atom is 0.0993 e. The van der Waals surface area contributed by atoms with Crippen LogP contribution in [0.15, 0.2) is 103 Å². The third-order valence-electron chi connectivity index (χ3n) is 7.76. The van der Waals surface area contributed by atoms with Gasteiger partial charge in [-0.3, -0.25) is 0 Å². The fraction of sp³-hybridized carbons (Fsp3) is 0.257. The van der Waals surface area contributed by atoms with Crippen LogP contribution >= 0.6 is 7.92 Å². The molecule has 9 rings (SSSR count). The van der Waals surface area contributed by atoms with E-state index in [4.69, 9.17) is 10.3 Å². The van der Waals surface area contributed by atoms with Gasteiger partial charge >= 0.3 is 0 Å². The molecular formula is C35H36N3P. The first-order chi connectivity index (χ1) is 19.3. The van der Waals surface area contributed by atoms with Crippen molar-refractivity contribution in [2.24, 2.45) is 0 Å². The van der Waals surface area contributed by atoms with Gasteiger partial charge in [-0.1, -0.05) is 122 Å². The van der Waals surface area contributed by atoms with E-state index < -0.39 is 7.92 Å². The number of hydrogen-bond acceptors (Lipinski definition) is 2. The molecule has 0 fully saturated rings. The molecule has 0 spiro atoms. The van der Waals surface area contributed by atoms with Crippen molar-refractivity contribution in [3.63, 3.8) is 0 Å². The quantitative estimate of drug-likeness (QED) is 0.167. The minimum atomic E-state index is -0.828. The Balaban J connectivity index is 1.52. The maximum atomic E-state index is 4.93. The maximum absolute atomic E-state index is 4.93. The Labute approximate surface area is 233 Å². The van der Waals surface area contributed by atoms with E-state index in [1.54, 1.807) is 0 Å². The summed E-state index contributed by atoms with van der Waals surface area (Å²) in [5.74, 6) is 0. The van der Waals surface area contributed by atoms with Crippen LogP contribution in [-0.2, 0) is 32.1 Å². The van der Waals surface area contributed by atoms with Crippen LogP contribution in [0.3, 0.4) is 0 Å². The predicted octanol–water partition coefficient (Wildman–Crippen LogP) is 6.64. The number of hydrogen-bond donors (Lipinski definition) is 0. The Morgan fingerprint density at radius 3 is 1.90 bits per heavy atom. The van der Waals surface area contributed by atoms with E-state index in [9.17, 15) is 0 Å². The Hall–Kier alpha value is -3.55. The molecule has 39 heavy (non-hydrogen) atoms. The number of nitrogens with zero attached hydrogens (tertiary/aromatic N) is 3. The van der Waals surface area contributed by atoms with Crippen molar-refractivity contribution < 1.29 is 0 Å². The summed E-state index contributed by atoms with van der Waals surface area (Å²) in [5.41, 5.74) is 9.11. The first-order valence-electron chi connectivity index (χ1n) is 14.3. The minimum absolute atomic E-state index is 0.828. The molecule has 4 heteroatoms. The summed E-state index contributed by atoms with van der Waals surface area (Å²) < 4.78 is 2.22. The third-order valence-corrected chi connectivity index (χ3v) is 10.3. The zero-order chi connectivity index (χ0) is 26.4. The number of benzene rings is 4. The summed E-state index contributed by atoms with van der Waals surface area (Å²) in [5, 5.41) is 12.5. The average Bonchev–Trinajstić information content (AvgIpc) is 3.39. The van der Waals surface area contributed by atoms with Crippen LogP contribution in [0.4, 0.5) is 0 Å². The molecule has 0 unspecified atom stereocenters. The summed E-state index contributed by atoms with van der Waals surface area (Å²) in [6.07, 6.45) is 8.57. The zero-order valence-electron chi connectivity index (χ0n) is 22.8. The SMILES string of the molecule is CCCCCc1nnn(-c2cc3ccc2CCc2ccc(cc2)CC3)c1P(c1ccccc1)c1ccccc1. The summed E-state index contributed by atoms with van der Waals surface area (Å²) in [7, 11) is -0.828. The molecule has 4 aromatic carbocycles. The summed E-state index contributed by atoms with van der Waals surface area (Å²) >= 11 is 0. The highest BCUT2D eigenvalue weighted by atomic mass is 31.1. The highest BCUT2D eigenvalue weighted by molar-refractivity contribution is 7.79. The number of aromatic nitrogens is 3. The number of rotatable bonds is 8. The standard InChI is InChI=1S/C35H36N3P/c1-2-3-6-15-33-35(39(31-11-7-4-8-12-31)32-13-9-5-10-14-32)38(37-36-33)34-26-29-21-20-27-16-18-28(19-17-27)22-24-30(34)25-23-29/h4-5,7-14,16-19,23,25-26H,2-3,6,15,20-22,24H2,1H3. The van der Waals surface area contributed by atoms with Crippen LogP contribution in [0.25, 0.3) is 5.69 Å². The second kappa shape index (κ2) is 12.1. The van der Waals surface area contributed by atoms with Gasteiger partial charge in [-0.05, 0) is 77.5 Å². The highest BCUT2D eigenvalue weighted by Crippen LogP contribution is 2.35. The fourth-order valence-electron chi connectivity index (χ4n) is 5.56. The van der Waals surface area contributed by atoms with E-state index in [-0.39, 0.29) is 0 Å². The van der Waals surface area contributed by atoms with Gasteiger partial charge in [0.05, 0.1) is 16.8 Å². The number of unbranched alkanes of at least 4 members (excludes halogenated alkanes) is 2. The van der Waals surface area contributed by atoms with Gasteiger partial charge in [0.1, 0.15) is 0 Å². The molecule has 0 saturated heterocycles. The van der Waals surface area contributed by atoms with Crippen molar-refractivity contribution in [2.45, 2.75) is 58.3 Å². The van der Waals surface area contributed by atoms with E-state index >= 15 is 0 Å². The number of aryl methyl sites for hydroxylation is 5. The van der Waals surface area contributed by atoms with E-state index in [2.05, 4.69) is 115 Å². The lowest BCUT2D eigenvalue weighted by molar-refractivity contribution is 0.704. The van der Waals surface area contributed by atoms with Crippen molar-refractivity contribution >= 4 is 24.0 Å². The van der Waals surface area contributed by atoms with Crippen LogP contribution < -0.4 is 16.0 Å². The molecule has 4 aliphatic rings. The molecule has 0 atom stereocenters. The predicted molar refractivity (Wildman–Crippen MR) is 165 cm³/mol. The Kier molecular flexibility index (Phi) is 7.98. The third kappa shape index (κ3) is 5.75. The molecule has 0 N–H and O–H groups in total. The molecule has 0 saturated carbocycles. The molecule has 3 nitrogen and oxygen atoms in total. The van der Waals surface area contributed by atoms with Crippen LogP contribution in [-0.4, -0.2) is 15.0 Å². The second-order valence-electron chi connectivity index (χ2n) is 10.5. The van der Waals surface area contributed by atoms with Crippen molar-refractivity contribution in [1.82, 2.24) is 15.0 Å². The molecule has 0 radical (unpaired) electrons. The smallest absolute Gasteiger partial charge is 0.0993 e. The average molecular weight is 530 g/mol. The lowest BCUT2D eigenvalue weighted by Crippen LogP contribution is -2.29. The van der Waals surface area contributed by atoms with E-state index in [0.29, 0.717) is 0 Å². The first-order valence-corrected chi connectivity index (χ1v) is 15.7. The van der Waals surface area contributed by atoms with Crippen molar-refractivity contribution in [2.75, 3.05) is 0 Å². The highest BCUT2D eigenvalue weighted by Gasteiger charge is 2.27. The topological polar surface area (TPSA) is 30.7 Å². The molecule has 1 heterocycles. The van der Waals surface area contributed by atoms with Crippen molar-refractivity contribution in [1.29, 1.82) is 0 Å². The van der Waals surface area contributed by atoms with Gasteiger partial charge in [0.25, 0.3) is 0 Å². The molecule has 0 aliphatic heterocycles. The molecule has 5 aromatic rings. The van der Waals surface area contributed by atoms with Gasteiger partial charge in [0.15, 0.2) is 0 Å². The van der Waals surface area contributed by atoms with Gasteiger partial charge in [-0.15, -0.1) is 5.10 Å². The van der Waals surface area contributed by atoms with Crippen LogP contribution in [0.2, 0.25) is 0 Å². The van der Waals surface area contributed by atoms with Crippen LogP contribution in [0, 0.1) is 0 Å². The Bertz CT molecular complexity index is 1470. The monoisotopic (exact) mass is 529 g/mol. The van der Waals surface area contributed by atoms with Gasteiger partial charge in [-0.2, -0.15) is 0 Å². The van der Waals surface area contributed by atoms with Gasteiger partial charge in [0.2, 0.25) is 0 Å². The summed E-state index contributed by atoms with van der Waals surface area (Å²) in [6, 6.07) is 38.2.